The largest absolute Gasteiger partial charge is 0.372 e. The third-order valence-electron chi connectivity index (χ3n) is 5.59. The molecule has 162 valence electrons. The van der Waals surface area contributed by atoms with E-state index in [4.69, 9.17) is 39.5 Å². The van der Waals surface area contributed by atoms with Crippen molar-refractivity contribution in [1.82, 2.24) is 9.13 Å². The van der Waals surface area contributed by atoms with Crippen LogP contribution in [-0.4, -0.2) is 15.7 Å². The molecule has 0 bridgehead atoms. The number of imidazole rings is 1. The molecule has 1 atom stereocenters. The van der Waals surface area contributed by atoms with Crippen molar-refractivity contribution in [2.24, 2.45) is 0 Å². The number of nitrogens with zero attached hydrogens (tertiary/aromatic N) is 2. The molecule has 0 spiro atoms. The van der Waals surface area contributed by atoms with Crippen molar-refractivity contribution >= 4 is 34.8 Å². The number of hydrogen-bond donors (Lipinski definition) is 0. The molecular formula is C25H19Cl3N2O2. The van der Waals surface area contributed by atoms with Crippen LogP contribution in [0.25, 0.3) is 22.6 Å². The average molecular weight is 486 g/mol. The van der Waals surface area contributed by atoms with E-state index in [9.17, 15) is 4.79 Å². The van der Waals surface area contributed by atoms with Crippen LogP contribution in [0.4, 0.5) is 0 Å². The van der Waals surface area contributed by atoms with E-state index in [1.165, 1.54) is 0 Å². The summed E-state index contributed by atoms with van der Waals surface area (Å²) in [4.78, 5) is 14.0. The minimum Gasteiger partial charge on any atom is -0.372 e. The van der Waals surface area contributed by atoms with Gasteiger partial charge in [-0.2, -0.15) is 0 Å². The van der Waals surface area contributed by atoms with Gasteiger partial charge in [0.2, 0.25) is 0 Å². The van der Waals surface area contributed by atoms with E-state index in [0.29, 0.717) is 27.4 Å². The van der Waals surface area contributed by atoms with Gasteiger partial charge in [0.1, 0.15) is 6.10 Å². The molecule has 0 amide bonds. The van der Waals surface area contributed by atoms with Crippen molar-refractivity contribution in [2.45, 2.75) is 18.9 Å². The Morgan fingerprint density at radius 2 is 1.41 bits per heavy atom. The summed E-state index contributed by atoms with van der Waals surface area (Å²) in [6.45, 7) is 0.653. The molecular weight excluding hydrogens is 467 g/mol. The predicted molar refractivity (Wildman–Crippen MR) is 130 cm³/mol. The van der Waals surface area contributed by atoms with Crippen LogP contribution in [0, 0.1) is 0 Å². The molecule has 1 saturated heterocycles. The summed E-state index contributed by atoms with van der Waals surface area (Å²) in [6.07, 6.45) is 1.53. The van der Waals surface area contributed by atoms with Gasteiger partial charge in [-0.3, -0.25) is 9.13 Å². The lowest BCUT2D eigenvalue weighted by Gasteiger charge is -2.16. The van der Waals surface area contributed by atoms with E-state index in [2.05, 4.69) is 0 Å². The third kappa shape index (κ3) is 3.89. The fourth-order valence-corrected chi connectivity index (χ4v) is 4.63. The molecule has 5 rings (SSSR count). The number of aromatic nitrogens is 2. The number of ether oxygens (including phenoxy) is 1. The zero-order chi connectivity index (χ0) is 22.2. The second-order valence-corrected chi connectivity index (χ2v) is 8.96. The van der Waals surface area contributed by atoms with Crippen LogP contribution < -0.4 is 5.69 Å². The lowest BCUT2D eigenvalue weighted by atomic mass is 10.0. The predicted octanol–water partition coefficient (Wildman–Crippen LogP) is 7.11. The quantitative estimate of drug-likeness (QED) is 0.309. The molecule has 1 aromatic heterocycles. The van der Waals surface area contributed by atoms with Crippen molar-refractivity contribution in [2.75, 3.05) is 6.61 Å². The zero-order valence-electron chi connectivity index (χ0n) is 17.0. The molecule has 0 saturated carbocycles. The Bertz CT molecular complexity index is 1320. The minimum atomic E-state index is -0.221. The lowest BCUT2D eigenvalue weighted by molar-refractivity contribution is 0.107. The van der Waals surface area contributed by atoms with Gasteiger partial charge in [0, 0.05) is 27.2 Å². The average Bonchev–Trinajstić information content (AvgIpc) is 3.41. The highest BCUT2D eigenvalue weighted by molar-refractivity contribution is 6.31. The van der Waals surface area contributed by atoms with Crippen LogP contribution >= 0.6 is 34.8 Å². The first-order chi connectivity index (χ1) is 15.5. The van der Waals surface area contributed by atoms with Crippen LogP contribution in [0.1, 0.15) is 24.6 Å². The van der Waals surface area contributed by atoms with Gasteiger partial charge in [-0.15, -0.1) is 0 Å². The van der Waals surface area contributed by atoms with Gasteiger partial charge in [-0.05, 0) is 73.5 Å². The topological polar surface area (TPSA) is 36.2 Å². The summed E-state index contributed by atoms with van der Waals surface area (Å²) in [6, 6.07) is 22.0. The first kappa shape index (κ1) is 21.4. The summed E-state index contributed by atoms with van der Waals surface area (Å²) in [5.41, 5.74) is 3.62. The number of benzene rings is 3. The maximum Gasteiger partial charge on any atom is 0.338 e. The van der Waals surface area contributed by atoms with E-state index < -0.39 is 0 Å². The summed E-state index contributed by atoms with van der Waals surface area (Å²) in [7, 11) is 0. The highest BCUT2D eigenvalue weighted by Crippen LogP contribution is 2.38. The molecule has 0 aliphatic carbocycles. The summed E-state index contributed by atoms with van der Waals surface area (Å²) >= 11 is 18.6. The van der Waals surface area contributed by atoms with Crippen molar-refractivity contribution in [1.29, 1.82) is 0 Å². The standard InChI is InChI=1S/C25H19Cl3N2O2/c26-17-6-10-20(11-7-17)29-23(16-3-1-4-19(28)15-16)24(22-5-2-14-32-22)30(25(29)31)21-12-8-18(27)9-13-21/h1,3-4,6-13,15,22H,2,5,14H2. The van der Waals surface area contributed by atoms with Gasteiger partial charge in [0.05, 0.1) is 22.8 Å². The molecule has 1 aliphatic rings. The third-order valence-corrected chi connectivity index (χ3v) is 6.33. The van der Waals surface area contributed by atoms with Crippen LogP contribution in [0.2, 0.25) is 15.1 Å². The van der Waals surface area contributed by atoms with E-state index in [1.807, 2.05) is 48.5 Å². The van der Waals surface area contributed by atoms with Crippen molar-refractivity contribution in [3.05, 3.63) is 104 Å². The van der Waals surface area contributed by atoms with Crippen LogP contribution in [-0.2, 0) is 4.74 Å². The monoisotopic (exact) mass is 484 g/mol. The Kier molecular flexibility index (Phi) is 5.87. The van der Waals surface area contributed by atoms with Crippen molar-refractivity contribution in [3.63, 3.8) is 0 Å². The van der Waals surface area contributed by atoms with E-state index >= 15 is 0 Å². The minimum absolute atomic E-state index is 0.199. The first-order valence-corrected chi connectivity index (χ1v) is 11.4. The second kappa shape index (κ2) is 8.80. The molecule has 2 heterocycles. The molecule has 0 N–H and O–H groups in total. The van der Waals surface area contributed by atoms with E-state index in [-0.39, 0.29) is 11.8 Å². The molecule has 4 nitrogen and oxygen atoms in total. The van der Waals surface area contributed by atoms with E-state index in [0.717, 1.165) is 35.5 Å². The van der Waals surface area contributed by atoms with Crippen LogP contribution in [0.3, 0.4) is 0 Å². The van der Waals surface area contributed by atoms with Crippen molar-refractivity contribution in [3.8, 4) is 22.6 Å². The first-order valence-electron chi connectivity index (χ1n) is 10.3. The fourth-order valence-electron chi connectivity index (χ4n) is 4.19. The fraction of sp³-hybridized carbons (Fsp3) is 0.160. The lowest BCUT2D eigenvalue weighted by Crippen LogP contribution is -2.23. The van der Waals surface area contributed by atoms with Gasteiger partial charge in [-0.25, -0.2) is 4.79 Å². The Balaban J connectivity index is 1.88. The molecule has 0 radical (unpaired) electrons. The Morgan fingerprint density at radius 3 is 1.97 bits per heavy atom. The van der Waals surface area contributed by atoms with Gasteiger partial charge < -0.3 is 4.74 Å². The SMILES string of the molecule is O=c1n(-c2ccc(Cl)cc2)c(-c2cccc(Cl)c2)c(C2CCCO2)n1-c1ccc(Cl)cc1. The Labute approximate surface area is 200 Å². The van der Waals surface area contributed by atoms with Gasteiger partial charge in [-0.1, -0.05) is 46.9 Å². The summed E-state index contributed by atoms with van der Waals surface area (Å²) < 4.78 is 9.51. The van der Waals surface area contributed by atoms with Gasteiger partial charge in [0.15, 0.2) is 0 Å². The van der Waals surface area contributed by atoms with Gasteiger partial charge >= 0.3 is 5.69 Å². The van der Waals surface area contributed by atoms with Gasteiger partial charge in [0.25, 0.3) is 0 Å². The molecule has 1 unspecified atom stereocenters. The Morgan fingerprint density at radius 1 is 0.781 bits per heavy atom. The number of hydrogen-bond acceptors (Lipinski definition) is 2. The maximum atomic E-state index is 14.0. The molecule has 3 aromatic carbocycles. The van der Waals surface area contributed by atoms with Crippen LogP contribution in [0.15, 0.2) is 77.6 Å². The summed E-state index contributed by atoms with van der Waals surface area (Å²) in [5.74, 6) is 0. The molecule has 1 fully saturated rings. The van der Waals surface area contributed by atoms with E-state index in [1.54, 1.807) is 33.4 Å². The molecule has 4 aromatic rings. The van der Waals surface area contributed by atoms with Crippen LogP contribution in [0.5, 0.6) is 0 Å². The number of rotatable bonds is 4. The normalized spacial score (nSPS) is 15.9. The second-order valence-electron chi connectivity index (χ2n) is 7.65. The zero-order valence-corrected chi connectivity index (χ0v) is 19.2. The highest BCUT2D eigenvalue weighted by atomic mass is 35.5. The maximum absolute atomic E-state index is 14.0. The van der Waals surface area contributed by atoms with Crippen molar-refractivity contribution < 1.29 is 4.74 Å². The summed E-state index contributed by atoms with van der Waals surface area (Å²) in [5, 5.41) is 1.80. The molecule has 7 heteroatoms. The molecule has 32 heavy (non-hydrogen) atoms. The number of halogens is 3. The smallest absolute Gasteiger partial charge is 0.338 e. The highest BCUT2D eigenvalue weighted by Gasteiger charge is 2.31. The molecule has 1 aliphatic heterocycles. The Hall–Kier alpha value is -2.50.